The first-order valence-corrected chi connectivity index (χ1v) is 7.63. The molecule has 5 nitrogen and oxygen atoms in total. The molecule has 0 saturated carbocycles. The predicted octanol–water partition coefficient (Wildman–Crippen LogP) is 2.11. The summed E-state index contributed by atoms with van der Waals surface area (Å²) in [5.74, 6) is 1.04. The number of aliphatic hydroxyl groups excluding tert-OH is 1. The van der Waals surface area contributed by atoms with Gasteiger partial charge in [0.15, 0.2) is 0 Å². The maximum atomic E-state index is 12.9. The summed E-state index contributed by atoms with van der Waals surface area (Å²) in [5, 5.41) is 9.92. The molecule has 2 rings (SSSR count). The maximum absolute atomic E-state index is 12.9. The van der Waals surface area contributed by atoms with Gasteiger partial charge < -0.3 is 10.0 Å². The van der Waals surface area contributed by atoms with Gasteiger partial charge >= 0.3 is 0 Å². The van der Waals surface area contributed by atoms with E-state index in [1.54, 1.807) is 6.20 Å². The number of nitrogens with zero attached hydrogens (tertiary/aromatic N) is 3. The van der Waals surface area contributed by atoms with Crippen LogP contribution in [0.5, 0.6) is 0 Å². The number of hydrogen-bond donors (Lipinski definition) is 1. The SMILES string of the molecule is Cc1ncc(C(=O)N2CCCC2(CO)CC(C)C)c(C)n1. The third-order valence-corrected chi connectivity index (χ3v) is 4.25. The molecule has 0 bridgehead atoms. The van der Waals surface area contributed by atoms with Crippen LogP contribution >= 0.6 is 0 Å². The molecule has 1 unspecified atom stereocenters. The van der Waals surface area contributed by atoms with Gasteiger partial charge in [0, 0.05) is 12.7 Å². The number of likely N-dealkylation sites (tertiary alicyclic amines) is 1. The number of hydrogen-bond acceptors (Lipinski definition) is 4. The molecule has 21 heavy (non-hydrogen) atoms. The van der Waals surface area contributed by atoms with Crippen molar-refractivity contribution < 1.29 is 9.90 Å². The van der Waals surface area contributed by atoms with Crippen LogP contribution in [0, 0.1) is 19.8 Å². The van der Waals surface area contributed by atoms with E-state index in [1.165, 1.54) is 0 Å². The van der Waals surface area contributed by atoms with Crippen LogP contribution in [0.2, 0.25) is 0 Å². The summed E-state index contributed by atoms with van der Waals surface area (Å²) in [6.07, 6.45) is 4.22. The average molecular weight is 291 g/mol. The van der Waals surface area contributed by atoms with Crippen molar-refractivity contribution in [3.8, 4) is 0 Å². The second-order valence-electron chi connectivity index (χ2n) is 6.46. The molecule has 2 heterocycles. The van der Waals surface area contributed by atoms with Gasteiger partial charge in [-0.25, -0.2) is 9.97 Å². The first-order valence-electron chi connectivity index (χ1n) is 7.63. The van der Waals surface area contributed by atoms with Gasteiger partial charge in [0.25, 0.3) is 5.91 Å². The van der Waals surface area contributed by atoms with Crippen LogP contribution in [-0.2, 0) is 0 Å². The molecule has 1 aromatic rings. The zero-order valence-corrected chi connectivity index (χ0v) is 13.4. The Bertz CT molecular complexity index is 530. The summed E-state index contributed by atoms with van der Waals surface area (Å²) < 4.78 is 0. The summed E-state index contributed by atoms with van der Waals surface area (Å²) in [7, 11) is 0. The zero-order valence-electron chi connectivity index (χ0n) is 13.4. The van der Waals surface area contributed by atoms with Crippen molar-refractivity contribution in [1.82, 2.24) is 14.9 Å². The van der Waals surface area contributed by atoms with Crippen LogP contribution in [0.1, 0.15) is 55.0 Å². The number of aliphatic hydroxyl groups is 1. The normalized spacial score (nSPS) is 22.1. The largest absolute Gasteiger partial charge is 0.394 e. The molecule has 0 spiro atoms. The van der Waals surface area contributed by atoms with Gasteiger partial charge in [0.1, 0.15) is 5.82 Å². The van der Waals surface area contributed by atoms with Crippen molar-refractivity contribution in [2.75, 3.05) is 13.2 Å². The van der Waals surface area contributed by atoms with Crippen molar-refractivity contribution in [1.29, 1.82) is 0 Å². The smallest absolute Gasteiger partial charge is 0.257 e. The Morgan fingerprint density at radius 2 is 2.19 bits per heavy atom. The molecule has 1 N–H and O–H groups in total. The Hall–Kier alpha value is -1.49. The minimum absolute atomic E-state index is 0.0166. The fraction of sp³-hybridized carbons (Fsp3) is 0.688. The van der Waals surface area contributed by atoms with Crippen LogP contribution in [0.25, 0.3) is 0 Å². The van der Waals surface area contributed by atoms with Gasteiger partial charge in [-0.15, -0.1) is 0 Å². The van der Waals surface area contributed by atoms with Crippen LogP contribution in [-0.4, -0.2) is 44.6 Å². The van der Waals surface area contributed by atoms with Crippen molar-refractivity contribution in [3.63, 3.8) is 0 Å². The Labute approximate surface area is 126 Å². The molecule has 1 atom stereocenters. The fourth-order valence-electron chi connectivity index (χ4n) is 3.40. The monoisotopic (exact) mass is 291 g/mol. The van der Waals surface area contributed by atoms with E-state index in [2.05, 4.69) is 23.8 Å². The lowest BCUT2D eigenvalue weighted by Crippen LogP contribution is -2.51. The van der Waals surface area contributed by atoms with Gasteiger partial charge in [-0.05, 0) is 39.0 Å². The molecule has 0 radical (unpaired) electrons. The Morgan fingerprint density at radius 1 is 1.48 bits per heavy atom. The molecule has 1 aliphatic heterocycles. The van der Waals surface area contributed by atoms with E-state index in [0.29, 0.717) is 29.5 Å². The lowest BCUT2D eigenvalue weighted by Gasteiger charge is -2.38. The molecule has 1 amide bonds. The minimum atomic E-state index is -0.428. The number of amides is 1. The summed E-state index contributed by atoms with van der Waals surface area (Å²) in [5.41, 5.74) is 0.822. The number of aryl methyl sites for hydroxylation is 2. The topological polar surface area (TPSA) is 66.3 Å². The first kappa shape index (κ1) is 15.9. The highest BCUT2D eigenvalue weighted by molar-refractivity contribution is 5.95. The van der Waals surface area contributed by atoms with Crippen molar-refractivity contribution >= 4 is 5.91 Å². The van der Waals surface area contributed by atoms with E-state index >= 15 is 0 Å². The third-order valence-electron chi connectivity index (χ3n) is 4.25. The van der Waals surface area contributed by atoms with E-state index in [9.17, 15) is 9.90 Å². The maximum Gasteiger partial charge on any atom is 0.257 e. The van der Waals surface area contributed by atoms with E-state index in [0.717, 1.165) is 19.3 Å². The zero-order chi connectivity index (χ0) is 15.6. The van der Waals surface area contributed by atoms with E-state index in [4.69, 9.17) is 0 Å². The van der Waals surface area contributed by atoms with Crippen molar-refractivity contribution in [2.24, 2.45) is 5.92 Å². The van der Waals surface area contributed by atoms with Gasteiger partial charge in [0.05, 0.1) is 23.4 Å². The standard InChI is InChI=1S/C16H25N3O2/c1-11(2)8-16(10-20)6-5-7-19(16)15(21)14-9-17-13(4)18-12(14)3/h9,11,20H,5-8,10H2,1-4H3. The summed E-state index contributed by atoms with van der Waals surface area (Å²) in [4.78, 5) is 23.1. The predicted molar refractivity (Wildman–Crippen MR) is 81.0 cm³/mol. The van der Waals surface area contributed by atoms with Crippen LogP contribution in [0.4, 0.5) is 0 Å². The molecule has 116 valence electrons. The minimum Gasteiger partial charge on any atom is -0.394 e. The molecule has 5 heteroatoms. The highest BCUT2D eigenvalue weighted by Gasteiger charge is 2.44. The Morgan fingerprint density at radius 3 is 2.76 bits per heavy atom. The molecule has 0 aromatic carbocycles. The highest BCUT2D eigenvalue weighted by Crippen LogP contribution is 2.36. The number of carbonyl (C=O) groups excluding carboxylic acids is 1. The van der Waals surface area contributed by atoms with Crippen LogP contribution in [0.15, 0.2) is 6.20 Å². The summed E-state index contributed by atoms with van der Waals surface area (Å²) in [6, 6.07) is 0. The Balaban J connectivity index is 2.32. The molecule has 1 fully saturated rings. The summed E-state index contributed by atoms with van der Waals surface area (Å²) in [6.45, 7) is 8.61. The lowest BCUT2D eigenvalue weighted by atomic mass is 9.86. The van der Waals surface area contributed by atoms with E-state index in [-0.39, 0.29) is 12.5 Å². The number of aromatic nitrogens is 2. The van der Waals surface area contributed by atoms with Gasteiger partial charge in [-0.3, -0.25) is 4.79 Å². The molecule has 1 aliphatic rings. The molecule has 1 aromatic heterocycles. The molecular weight excluding hydrogens is 266 g/mol. The summed E-state index contributed by atoms with van der Waals surface area (Å²) >= 11 is 0. The average Bonchev–Trinajstić information content (AvgIpc) is 2.81. The quantitative estimate of drug-likeness (QED) is 0.922. The van der Waals surface area contributed by atoms with Gasteiger partial charge in [-0.1, -0.05) is 13.8 Å². The van der Waals surface area contributed by atoms with E-state index < -0.39 is 5.54 Å². The Kier molecular flexibility index (Phi) is 4.61. The molecule has 0 aliphatic carbocycles. The number of carbonyl (C=O) groups is 1. The van der Waals surface area contributed by atoms with Gasteiger partial charge in [-0.2, -0.15) is 0 Å². The third kappa shape index (κ3) is 3.07. The van der Waals surface area contributed by atoms with E-state index in [1.807, 2.05) is 18.7 Å². The lowest BCUT2D eigenvalue weighted by molar-refractivity contribution is 0.0331. The van der Waals surface area contributed by atoms with Gasteiger partial charge in [0.2, 0.25) is 0 Å². The van der Waals surface area contributed by atoms with Crippen LogP contribution < -0.4 is 0 Å². The van der Waals surface area contributed by atoms with Crippen LogP contribution in [0.3, 0.4) is 0 Å². The number of rotatable bonds is 4. The van der Waals surface area contributed by atoms with Crippen molar-refractivity contribution in [2.45, 2.75) is 52.5 Å². The second kappa shape index (κ2) is 6.10. The first-order chi connectivity index (χ1) is 9.89. The fourth-order valence-corrected chi connectivity index (χ4v) is 3.40. The highest BCUT2D eigenvalue weighted by atomic mass is 16.3. The molecule has 1 saturated heterocycles. The second-order valence-corrected chi connectivity index (χ2v) is 6.46. The molecular formula is C16H25N3O2. The van der Waals surface area contributed by atoms with Crippen molar-refractivity contribution in [3.05, 3.63) is 23.3 Å².